The van der Waals surface area contributed by atoms with Gasteiger partial charge >= 0.3 is 12.1 Å². The van der Waals surface area contributed by atoms with Crippen molar-refractivity contribution in [1.29, 1.82) is 0 Å². The predicted molar refractivity (Wildman–Crippen MR) is 69.2 cm³/mol. The van der Waals surface area contributed by atoms with Gasteiger partial charge in [0, 0.05) is 5.92 Å². The summed E-state index contributed by atoms with van der Waals surface area (Å²) in [4.78, 5) is 10.9. The normalized spacial score (nSPS) is 18.6. The van der Waals surface area contributed by atoms with Crippen LogP contribution in [-0.4, -0.2) is 17.3 Å². The molecule has 110 valence electrons. The van der Waals surface area contributed by atoms with Crippen molar-refractivity contribution in [2.45, 2.75) is 31.4 Å². The Morgan fingerprint density at radius 2 is 1.90 bits per heavy atom. The second-order valence-electron chi connectivity index (χ2n) is 4.98. The third-order valence-corrected chi connectivity index (χ3v) is 4.48. The maximum absolute atomic E-state index is 13.2. The number of benzene rings is 1. The molecule has 2 nitrogen and oxygen atoms in total. The molecule has 0 heterocycles. The molecule has 0 unspecified atom stereocenters. The van der Waals surface area contributed by atoms with Crippen molar-refractivity contribution in [3.8, 4) is 0 Å². The number of hydrogen-bond acceptors (Lipinski definition) is 1. The Labute approximate surface area is 123 Å². The van der Waals surface area contributed by atoms with Gasteiger partial charge < -0.3 is 5.11 Å². The van der Waals surface area contributed by atoms with Crippen molar-refractivity contribution in [2.75, 3.05) is 0 Å². The molecule has 1 fully saturated rings. The average Bonchev–Trinajstić information content (AvgIpc) is 3.10. The first-order chi connectivity index (χ1) is 9.17. The monoisotopic (exact) mass is 326 g/mol. The molecular weight excluding hydrogens is 316 g/mol. The van der Waals surface area contributed by atoms with Crippen molar-refractivity contribution in [1.82, 2.24) is 0 Å². The van der Waals surface area contributed by atoms with Crippen LogP contribution in [-0.2, 0) is 4.79 Å². The highest BCUT2D eigenvalue weighted by molar-refractivity contribution is 6.42. The van der Waals surface area contributed by atoms with E-state index >= 15 is 0 Å². The molecular formula is C13H11Cl2F3O2. The number of alkyl halides is 3. The minimum Gasteiger partial charge on any atom is -0.481 e. The van der Waals surface area contributed by atoms with Gasteiger partial charge in [-0.05, 0) is 30.5 Å². The molecule has 0 radical (unpaired) electrons. The maximum Gasteiger partial charge on any atom is 0.395 e. The van der Waals surface area contributed by atoms with Gasteiger partial charge in [0.15, 0.2) is 0 Å². The Balaban J connectivity index is 2.43. The van der Waals surface area contributed by atoms with Crippen LogP contribution in [0.4, 0.5) is 13.2 Å². The summed E-state index contributed by atoms with van der Waals surface area (Å²) >= 11 is 11.6. The van der Waals surface area contributed by atoms with E-state index in [9.17, 15) is 18.0 Å². The molecule has 20 heavy (non-hydrogen) atoms. The van der Waals surface area contributed by atoms with E-state index in [1.807, 2.05) is 0 Å². The number of halogens is 5. The zero-order valence-corrected chi connectivity index (χ0v) is 11.7. The van der Waals surface area contributed by atoms with Gasteiger partial charge in [-0.3, -0.25) is 4.79 Å². The lowest BCUT2D eigenvalue weighted by atomic mass is 9.80. The summed E-state index contributed by atoms with van der Waals surface area (Å²) in [6.45, 7) is 0. The van der Waals surface area contributed by atoms with E-state index in [-0.39, 0.29) is 28.5 Å². The number of carboxylic acids is 1. The minimum absolute atomic E-state index is 0.0608. The van der Waals surface area contributed by atoms with Crippen LogP contribution in [0.3, 0.4) is 0 Å². The minimum atomic E-state index is -4.43. The van der Waals surface area contributed by atoms with Crippen LogP contribution in [0.5, 0.6) is 0 Å². The zero-order valence-electron chi connectivity index (χ0n) is 10.2. The summed E-state index contributed by atoms with van der Waals surface area (Å²) in [6.07, 6.45) is -5.14. The highest BCUT2D eigenvalue weighted by Crippen LogP contribution is 2.66. The second-order valence-corrected chi connectivity index (χ2v) is 5.79. The van der Waals surface area contributed by atoms with E-state index in [4.69, 9.17) is 28.3 Å². The van der Waals surface area contributed by atoms with Gasteiger partial charge in [0.1, 0.15) is 0 Å². The van der Waals surface area contributed by atoms with Crippen molar-refractivity contribution < 1.29 is 23.1 Å². The predicted octanol–water partition coefficient (Wildman–Crippen LogP) is 4.89. The van der Waals surface area contributed by atoms with Crippen LogP contribution in [0.2, 0.25) is 10.0 Å². The quantitative estimate of drug-likeness (QED) is 0.854. The van der Waals surface area contributed by atoms with E-state index in [0.717, 1.165) is 0 Å². The Hall–Kier alpha value is -0.940. The first-order valence-corrected chi connectivity index (χ1v) is 6.66. The first kappa shape index (κ1) is 15.4. The van der Waals surface area contributed by atoms with Gasteiger partial charge in [-0.25, -0.2) is 0 Å². The highest BCUT2D eigenvalue weighted by Gasteiger charge is 2.67. The van der Waals surface area contributed by atoms with E-state index < -0.39 is 29.9 Å². The Bertz CT molecular complexity index is 539. The van der Waals surface area contributed by atoms with Gasteiger partial charge in [0.2, 0.25) is 0 Å². The van der Waals surface area contributed by atoms with Gasteiger partial charge in [0.05, 0.1) is 21.9 Å². The summed E-state index contributed by atoms with van der Waals surface area (Å²) < 4.78 is 39.6. The van der Waals surface area contributed by atoms with Crippen LogP contribution in [0.15, 0.2) is 18.2 Å². The fraction of sp³-hybridized carbons (Fsp3) is 0.462. The van der Waals surface area contributed by atoms with Gasteiger partial charge in [-0.1, -0.05) is 29.3 Å². The number of carboxylic acid groups (broad SMARTS) is 1. The molecule has 0 spiro atoms. The van der Waals surface area contributed by atoms with Crippen LogP contribution in [0, 0.1) is 5.41 Å². The molecule has 1 saturated carbocycles. The fourth-order valence-electron chi connectivity index (χ4n) is 2.50. The molecule has 1 aliphatic carbocycles. The second kappa shape index (κ2) is 5.11. The third kappa shape index (κ3) is 2.74. The average molecular weight is 327 g/mol. The van der Waals surface area contributed by atoms with E-state index in [1.54, 1.807) is 0 Å². The number of carbonyl (C=O) groups is 1. The summed E-state index contributed by atoms with van der Waals surface area (Å²) in [6, 6.07) is 4.12. The number of hydrogen-bond donors (Lipinski definition) is 1. The Morgan fingerprint density at radius 3 is 2.30 bits per heavy atom. The SMILES string of the molecule is O=C(O)C[C@H](c1ccc(Cl)c(Cl)c1)C1(C(F)(F)F)CC1. The molecule has 0 bridgehead atoms. The molecule has 0 amide bonds. The van der Waals surface area contributed by atoms with Crippen LogP contribution in [0.25, 0.3) is 0 Å². The standard InChI is InChI=1S/C13H11Cl2F3O2/c14-9-2-1-7(5-10(9)15)8(6-11(19)20)12(3-4-12)13(16,17)18/h1-2,5,8H,3-4,6H2,(H,19,20)/t8-/m1/s1. The van der Waals surface area contributed by atoms with Crippen LogP contribution < -0.4 is 0 Å². The summed E-state index contributed by atoms with van der Waals surface area (Å²) in [5.41, 5.74) is -1.70. The van der Waals surface area contributed by atoms with Crippen molar-refractivity contribution in [2.24, 2.45) is 5.41 Å². The lowest BCUT2D eigenvalue weighted by molar-refractivity contribution is -0.195. The molecule has 1 N–H and O–H groups in total. The largest absolute Gasteiger partial charge is 0.481 e. The molecule has 1 atom stereocenters. The topological polar surface area (TPSA) is 37.3 Å². The summed E-state index contributed by atoms with van der Waals surface area (Å²) in [7, 11) is 0. The van der Waals surface area contributed by atoms with E-state index in [1.165, 1.54) is 18.2 Å². The van der Waals surface area contributed by atoms with Crippen molar-refractivity contribution >= 4 is 29.2 Å². The third-order valence-electron chi connectivity index (χ3n) is 3.75. The van der Waals surface area contributed by atoms with Gasteiger partial charge in [-0.2, -0.15) is 13.2 Å². The number of aliphatic carboxylic acids is 1. The molecule has 1 aromatic carbocycles. The summed E-state index contributed by atoms with van der Waals surface area (Å²) in [5.74, 6) is -2.41. The molecule has 0 aliphatic heterocycles. The maximum atomic E-state index is 13.2. The van der Waals surface area contributed by atoms with Crippen LogP contribution in [0.1, 0.15) is 30.7 Å². The molecule has 0 saturated heterocycles. The van der Waals surface area contributed by atoms with Crippen molar-refractivity contribution in [3.05, 3.63) is 33.8 Å². The Morgan fingerprint density at radius 1 is 1.30 bits per heavy atom. The smallest absolute Gasteiger partial charge is 0.395 e. The van der Waals surface area contributed by atoms with Crippen LogP contribution >= 0.6 is 23.2 Å². The van der Waals surface area contributed by atoms with Gasteiger partial charge in [0.25, 0.3) is 0 Å². The molecule has 2 rings (SSSR count). The molecule has 1 aliphatic rings. The molecule has 7 heteroatoms. The lowest BCUT2D eigenvalue weighted by Crippen LogP contribution is -2.32. The first-order valence-electron chi connectivity index (χ1n) is 5.91. The summed E-state index contributed by atoms with van der Waals surface area (Å²) in [5, 5.41) is 9.25. The van der Waals surface area contributed by atoms with Gasteiger partial charge in [-0.15, -0.1) is 0 Å². The number of rotatable bonds is 4. The Kier molecular flexibility index (Phi) is 3.95. The molecule has 0 aromatic heterocycles. The molecule has 1 aromatic rings. The lowest BCUT2D eigenvalue weighted by Gasteiger charge is -2.28. The van der Waals surface area contributed by atoms with E-state index in [2.05, 4.69) is 0 Å². The van der Waals surface area contributed by atoms with E-state index in [0.29, 0.717) is 0 Å². The highest BCUT2D eigenvalue weighted by atomic mass is 35.5. The van der Waals surface area contributed by atoms with Crippen molar-refractivity contribution in [3.63, 3.8) is 0 Å². The zero-order chi connectivity index (χ0) is 15.1. The fourth-order valence-corrected chi connectivity index (χ4v) is 2.81.